The largest absolute Gasteiger partial charge is 0.457 e. The Morgan fingerprint density at radius 1 is 0.926 bits per heavy atom. The van der Waals surface area contributed by atoms with Crippen molar-refractivity contribution in [3.05, 3.63) is 87.8 Å². The van der Waals surface area contributed by atoms with Gasteiger partial charge < -0.3 is 15.0 Å². The number of amides is 1. The highest BCUT2D eigenvalue weighted by Gasteiger charge is 2.17. The van der Waals surface area contributed by atoms with E-state index in [0.717, 1.165) is 42.7 Å². The lowest BCUT2D eigenvalue weighted by molar-refractivity contribution is 0.102. The second-order valence-electron chi connectivity index (χ2n) is 6.62. The van der Waals surface area contributed by atoms with Gasteiger partial charge in [-0.2, -0.15) is 0 Å². The number of anilines is 1. The molecule has 2 N–H and O–H groups in total. The molecule has 0 saturated heterocycles. The number of nitrogens with one attached hydrogen (secondary N) is 2. The molecule has 4 rings (SSSR count). The SMILES string of the molecule is O=C(Nc1ccc(Oc2ccccc2)cc1)c1cc2c([nH]c1=O)CCCC2. The highest BCUT2D eigenvalue weighted by atomic mass is 16.5. The maximum atomic E-state index is 12.5. The first kappa shape index (κ1) is 17.1. The average Bonchev–Trinajstić information content (AvgIpc) is 2.69. The summed E-state index contributed by atoms with van der Waals surface area (Å²) in [5, 5.41) is 2.78. The third kappa shape index (κ3) is 3.92. The topological polar surface area (TPSA) is 71.2 Å². The minimum absolute atomic E-state index is 0.153. The first-order valence-electron chi connectivity index (χ1n) is 9.08. The van der Waals surface area contributed by atoms with Crippen molar-refractivity contribution >= 4 is 11.6 Å². The summed E-state index contributed by atoms with van der Waals surface area (Å²) in [5.74, 6) is 1.02. The molecular weight excluding hydrogens is 340 g/mol. The van der Waals surface area contributed by atoms with Gasteiger partial charge in [0, 0.05) is 11.4 Å². The smallest absolute Gasteiger partial charge is 0.261 e. The van der Waals surface area contributed by atoms with E-state index in [1.807, 2.05) is 30.3 Å². The zero-order chi connectivity index (χ0) is 18.6. The standard InChI is InChI=1S/C22H20N2O3/c25-21(19-14-15-6-4-5-9-20(15)24-22(19)26)23-16-10-12-18(13-11-16)27-17-7-2-1-3-8-17/h1-3,7-8,10-14H,4-6,9H2,(H,23,25)(H,24,26). The minimum Gasteiger partial charge on any atom is -0.457 e. The Morgan fingerprint density at radius 2 is 1.63 bits per heavy atom. The molecule has 3 aromatic rings. The van der Waals surface area contributed by atoms with Crippen molar-refractivity contribution in [2.45, 2.75) is 25.7 Å². The average molecular weight is 360 g/mol. The molecule has 0 unspecified atom stereocenters. The predicted octanol–water partition coefficient (Wildman–Crippen LogP) is 4.30. The fourth-order valence-corrected chi connectivity index (χ4v) is 3.27. The number of H-pyrrole nitrogens is 1. The molecule has 0 saturated carbocycles. The van der Waals surface area contributed by atoms with Gasteiger partial charge in [0.05, 0.1) is 0 Å². The van der Waals surface area contributed by atoms with Crippen LogP contribution in [0.5, 0.6) is 11.5 Å². The molecule has 1 amide bonds. The number of aromatic amines is 1. The number of hydrogen-bond donors (Lipinski definition) is 2. The van der Waals surface area contributed by atoms with E-state index >= 15 is 0 Å². The van der Waals surface area contributed by atoms with Crippen LogP contribution in [0.1, 0.15) is 34.5 Å². The molecule has 2 aromatic carbocycles. The van der Waals surface area contributed by atoms with Crippen LogP contribution in [0, 0.1) is 0 Å². The number of aryl methyl sites for hydroxylation is 2. The van der Waals surface area contributed by atoms with Crippen molar-refractivity contribution in [2.24, 2.45) is 0 Å². The second-order valence-corrected chi connectivity index (χ2v) is 6.62. The Labute approximate surface area is 157 Å². The third-order valence-corrected chi connectivity index (χ3v) is 4.67. The van der Waals surface area contributed by atoms with E-state index in [-0.39, 0.29) is 11.1 Å². The number of benzene rings is 2. The molecule has 0 bridgehead atoms. The van der Waals surface area contributed by atoms with Crippen LogP contribution in [0.2, 0.25) is 0 Å². The Balaban J connectivity index is 1.47. The van der Waals surface area contributed by atoms with Crippen molar-refractivity contribution in [1.29, 1.82) is 0 Å². The fraction of sp³-hybridized carbons (Fsp3) is 0.182. The van der Waals surface area contributed by atoms with Crippen molar-refractivity contribution in [2.75, 3.05) is 5.32 Å². The summed E-state index contributed by atoms with van der Waals surface area (Å²) in [4.78, 5) is 27.6. The van der Waals surface area contributed by atoms with Crippen LogP contribution in [0.3, 0.4) is 0 Å². The zero-order valence-corrected chi connectivity index (χ0v) is 14.8. The van der Waals surface area contributed by atoms with Crippen molar-refractivity contribution in [3.63, 3.8) is 0 Å². The van der Waals surface area contributed by atoms with Gasteiger partial charge in [0.2, 0.25) is 0 Å². The lowest BCUT2D eigenvalue weighted by atomic mass is 9.95. The molecule has 27 heavy (non-hydrogen) atoms. The molecule has 1 aliphatic rings. The summed E-state index contributed by atoms with van der Waals surface area (Å²) in [6.07, 6.45) is 3.93. The van der Waals surface area contributed by atoms with Crippen LogP contribution in [0.4, 0.5) is 5.69 Å². The molecule has 5 heteroatoms. The number of carbonyl (C=O) groups excluding carboxylic acids is 1. The summed E-state index contributed by atoms with van der Waals surface area (Å²) in [6, 6.07) is 18.3. The van der Waals surface area contributed by atoms with Crippen LogP contribution in [0.15, 0.2) is 65.5 Å². The highest BCUT2D eigenvalue weighted by Crippen LogP contribution is 2.23. The van der Waals surface area contributed by atoms with Crippen LogP contribution in [0.25, 0.3) is 0 Å². The Kier molecular flexibility index (Phi) is 4.75. The summed E-state index contributed by atoms with van der Waals surface area (Å²) >= 11 is 0. The molecule has 0 spiro atoms. The highest BCUT2D eigenvalue weighted by molar-refractivity contribution is 6.04. The Bertz CT molecular complexity index is 1010. The summed E-state index contributed by atoms with van der Waals surface area (Å²) < 4.78 is 5.74. The van der Waals surface area contributed by atoms with Crippen LogP contribution >= 0.6 is 0 Å². The van der Waals surface area contributed by atoms with Gasteiger partial charge in [0.1, 0.15) is 17.1 Å². The zero-order valence-electron chi connectivity index (χ0n) is 14.8. The number of ether oxygens (including phenoxy) is 1. The summed E-state index contributed by atoms with van der Waals surface area (Å²) in [6.45, 7) is 0. The van der Waals surface area contributed by atoms with Crippen molar-refractivity contribution in [1.82, 2.24) is 4.98 Å². The Morgan fingerprint density at radius 3 is 2.41 bits per heavy atom. The first-order chi connectivity index (χ1) is 13.2. The van der Waals surface area contributed by atoms with Gasteiger partial charge in [-0.3, -0.25) is 9.59 Å². The molecule has 136 valence electrons. The van der Waals surface area contributed by atoms with Gasteiger partial charge in [-0.15, -0.1) is 0 Å². The third-order valence-electron chi connectivity index (χ3n) is 4.67. The quantitative estimate of drug-likeness (QED) is 0.729. The maximum absolute atomic E-state index is 12.5. The van der Waals surface area contributed by atoms with Crippen LogP contribution in [-0.2, 0) is 12.8 Å². The van der Waals surface area contributed by atoms with Gasteiger partial charge in [-0.1, -0.05) is 18.2 Å². The van der Waals surface area contributed by atoms with E-state index in [4.69, 9.17) is 4.74 Å². The number of hydrogen-bond acceptors (Lipinski definition) is 3. The molecule has 5 nitrogen and oxygen atoms in total. The molecule has 1 heterocycles. The number of para-hydroxylation sites is 1. The fourth-order valence-electron chi connectivity index (χ4n) is 3.27. The molecule has 0 atom stereocenters. The minimum atomic E-state index is -0.402. The number of pyridine rings is 1. The lowest BCUT2D eigenvalue weighted by Crippen LogP contribution is -2.26. The van der Waals surface area contributed by atoms with E-state index in [9.17, 15) is 9.59 Å². The lowest BCUT2D eigenvalue weighted by Gasteiger charge is -2.16. The van der Waals surface area contributed by atoms with E-state index in [0.29, 0.717) is 11.4 Å². The van der Waals surface area contributed by atoms with Crippen molar-refractivity contribution < 1.29 is 9.53 Å². The molecule has 1 aliphatic carbocycles. The number of fused-ring (bicyclic) bond motifs is 1. The second kappa shape index (κ2) is 7.50. The molecule has 0 aliphatic heterocycles. The molecule has 0 fully saturated rings. The number of aromatic nitrogens is 1. The van der Waals surface area contributed by atoms with Crippen LogP contribution in [-0.4, -0.2) is 10.9 Å². The number of rotatable bonds is 4. The monoisotopic (exact) mass is 360 g/mol. The van der Waals surface area contributed by atoms with Gasteiger partial charge in [0.15, 0.2) is 0 Å². The number of carbonyl (C=O) groups is 1. The summed E-state index contributed by atoms with van der Waals surface area (Å²) in [5.41, 5.74) is 2.46. The van der Waals surface area contributed by atoms with Crippen molar-refractivity contribution in [3.8, 4) is 11.5 Å². The van der Waals surface area contributed by atoms with Gasteiger partial charge >= 0.3 is 0 Å². The first-order valence-corrected chi connectivity index (χ1v) is 9.08. The normalized spacial score (nSPS) is 12.9. The van der Waals surface area contributed by atoms with Gasteiger partial charge in [-0.05, 0) is 73.7 Å². The molecular formula is C22H20N2O3. The maximum Gasteiger partial charge on any atom is 0.261 e. The van der Waals surface area contributed by atoms with E-state index in [2.05, 4.69) is 10.3 Å². The van der Waals surface area contributed by atoms with Gasteiger partial charge in [-0.25, -0.2) is 0 Å². The van der Waals surface area contributed by atoms with Crippen LogP contribution < -0.4 is 15.6 Å². The molecule has 1 aromatic heterocycles. The summed E-state index contributed by atoms with van der Waals surface area (Å²) in [7, 11) is 0. The van der Waals surface area contributed by atoms with E-state index in [1.165, 1.54) is 0 Å². The van der Waals surface area contributed by atoms with E-state index in [1.54, 1.807) is 30.3 Å². The predicted molar refractivity (Wildman–Crippen MR) is 105 cm³/mol. The Hall–Kier alpha value is -3.34. The van der Waals surface area contributed by atoms with Gasteiger partial charge in [0.25, 0.3) is 11.5 Å². The molecule has 0 radical (unpaired) electrons. The van der Waals surface area contributed by atoms with E-state index < -0.39 is 5.91 Å².